The predicted octanol–water partition coefficient (Wildman–Crippen LogP) is 4.45. The third-order valence-electron chi connectivity index (χ3n) is 3.22. The molecule has 3 aromatic rings. The highest BCUT2D eigenvalue weighted by atomic mass is 35.5. The minimum absolute atomic E-state index is 0.246. The molecule has 0 aliphatic carbocycles. The lowest BCUT2D eigenvalue weighted by Gasteiger charge is -2.02. The molecule has 0 spiro atoms. The Morgan fingerprint density at radius 3 is 2.46 bits per heavy atom. The van der Waals surface area contributed by atoms with Gasteiger partial charge >= 0.3 is 0 Å². The average Bonchev–Trinajstić information content (AvgIpc) is 2.61. The van der Waals surface area contributed by atoms with Crippen molar-refractivity contribution in [3.05, 3.63) is 83.7 Å². The second-order valence-electron chi connectivity index (χ2n) is 5.04. The Morgan fingerprint density at radius 1 is 1.00 bits per heavy atom. The van der Waals surface area contributed by atoms with Crippen LogP contribution >= 0.6 is 11.6 Å². The molecule has 118 valence electrons. The van der Waals surface area contributed by atoms with Gasteiger partial charge in [0.15, 0.2) is 5.82 Å². The van der Waals surface area contributed by atoms with Crippen molar-refractivity contribution in [2.45, 2.75) is 0 Å². The third-order valence-corrected chi connectivity index (χ3v) is 3.46. The average molecular weight is 336 g/mol. The first-order valence-electron chi connectivity index (χ1n) is 7.33. The lowest BCUT2D eigenvalue weighted by atomic mass is 10.2. The Morgan fingerprint density at radius 2 is 1.75 bits per heavy atom. The third kappa shape index (κ3) is 4.27. The van der Waals surface area contributed by atoms with Gasteiger partial charge in [-0.15, -0.1) is 0 Å². The van der Waals surface area contributed by atoms with Crippen LogP contribution in [0.5, 0.6) is 0 Å². The number of carbonyl (C=O) groups excluding carboxylic acids is 1. The van der Waals surface area contributed by atoms with Crippen molar-refractivity contribution >= 4 is 29.3 Å². The van der Waals surface area contributed by atoms with Gasteiger partial charge in [-0.25, -0.2) is 9.97 Å². The van der Waals surface area contributed by atoms with Gasteiger partial charge in [0, 0.05) is 40.3 Å². The molecule has 4 nitrogen and oxygen atoms in total. The van der Waals surface area contributed by atoms with E-state index >= 15 is 0 Å². The van der Waals surface area contributed by atoms with Gasteiger partial charge in [0.2, 0.25) is 5.91 Å². The maximum absolute atomic E-state index is 11.9. The number of halogens is 1. The number of nitrogens with one attached hydrogen (secondary N) is 1. The Bertz CT molecular complexity index is 861. The second-order valence-corrected chi connectivity index (χ2v) is 5.48. The summed E-state index contributed by atoms with van der Waals surface area (Å²) in [7, 11) is 0. The van der Waals surface area contributed by atoms with Crippen LogP contribution in [0, 0.1) is 0 Å². The Kier molecular flexibility index (Phi) is 4.99. The van der Waals surface area contributed by atoms with E-state index < -0.39 is 0 Å². The molecule has 0 fully saturated rings. The van der Waals surface area contributed by atoms with Crippen LogP contribution in [-0.2, 0) is 4.79 Å². The van der Waals surface area contributed by atoms with Gasteiger partial charge < -0.3 is 5.32 Å². The molecule has 0 saturated carbocycles. The van der Waals surface area contributed by atoms with Crippen LogP contribution in [0.4, 0.5) is 5.69 Å². The number of nitrogens with zero attached hydrogens (tertiary/aromatic N) is 2. The zero-order chi connectivity index (χ0) is 16.8. The van der Waals surface area contributed by atoms with E-state index in [0.29, 0.717) is 16.5 Å². The van der Waals surface area contributed by atoms with E-state index in [2.05, 4.69) is 15.3 Å². The lowest BCUT2D eigenvalue weighted by Crippen LogP contribution is -2.07. The Hall–Kier alpha value is -2.98. The molecule has 0 unspecified atom stereocenters. The highest BCUT2D eigenvalue weighted by Crippen LogP contribution is 2.15. The molecule has 1 N–H and O–H groups in total. The molecule has 3 rings (SSSR count). The number of anilines is 1. The second kappa shape index (κ2) is 7.53. The van der Waals surface area contributed by atoms with Crippen molar-refractivity contribution < 1.29 is 4.79 Å². The molecule has 5 heteroatoms. The fourth-order valence-corrected chi connectivity index (χ4v) is 2.27. The minimum atomic E-state index is -0.246. The van der Waals surface area contributed by atoms with Gasteiger partial charge in [0.05, 0.1) is 0 Å². The smallest absolute Gasteiger partial charge is 0.248 e. The molecule has 1 aromatic heterocycles. The lowest BCUT2D eigenvalue weighted by molar-refractivity contribution is -0.111. The highest BCUT2D eigenvalue weighted by molar-refractivity contribution is 6.30. The molecule has 0 saturated heterocycles. The van der Waals surface area contributed by atoms with Crippen LogP contribution in [0.2, 0.25) is 5.02 Å². The first kappa shape index (κ1) is 15.9. The summed E-state index contributed by atoms with van der Waals surface area (Å²) in [4.78, 5) is 20.5. The van der Waals surface area contributed by atoms with Gasteiger partial charge in [-0.3, -0.25) is 4.79 Å². The SMILES string of the molecule is O=C(/C=C/c1cnc(-c2ccccc2)nc1)Nc1cccc(Cl)c1. The van der Waals surface area contributed by atoms with Crippen LogP contribution in [0.15, 0.2) is 73.1 Å². The van der Waals surface area contributed by atoms with Gasteiger partial charge in [-0.05, 0) is 24.3 Å². The molecule has 2 aromatic carbocycles. The van der Waals surface area contributed by atoms with Crippen LogP contribution in [0.1, 0.15) is 5.56 Å². The first-order chi connectivity index (χ1) is 11.7. The van der Waals surface area contributed by atoms with E-state index in [1.54, 1.807) is 42.7 Å². The van der Waals surface area contributed by atoms with Crippen LogP contribution in [-0.4, -0.2) is 15.9 Å². The van der Waals surface area contributed by atoms with E-state index in [1.165, 1.54) is 6.08 Å². The van der Waals surface area contributed by atoms with Crippen LogP contribution in [0.25, 0.3) is 17.5 Å². The number of hydrogen-bond acceptors (Lipinski definition) is 3. The zero-order valence-corrected chi connectivity index (χ0v) is 13.4. The molecule has 0 aliphatic heterocycles. The maximum Gasteiger partial charge on any atom is 0.248 e. The maximum atomic E-state index is 11.9. The number of amides is 1. The number of aromatic nitrogens is 2. The van der Waals surface area contributed by atoms with Crippen molar-refractivity contribution in [1.29, 1.82) is 0 Å². The number of hydrogen-bond donors (Lipinski definition) is 1. The summed E-state index contributed by atoms with van der Waals surface area (Å²) in [5, 5.41) is 3.31. The first-order valence-corrected chi connectivity index (χ1v) is 7.70. The fraction of sp³-hybridized carbons (Fsp3) is 0. The van der Waals surface area contributed by atoms with Crippen molar-refractivity contribution in [2.75, 3.05) is 5.32 Å². The summed E-state index contributed by atoms with van der Waals surface area (Å²) >= 11 is 5.88. The molecular formula is C19H14ClN3O. The minimum Gasteiger partial charge on any atom is -0.322 e. The standard InChI is InChI=1S/C19H14ClN3O/c20-16-7-4-8-17(11-16)23-18(24)10-9-14-12-21-19(22-13-14)15-5-2-1-3-6-15/h1-13H,(H,23,24)/b10-9+. The molecule has 0 aliphatic rings. The van der Waals surface area contributed by atoms with Crippen LogP contribution < -0.4 is 5.32 Å². The largest absolute Gasteiger partial charge is 0.322 e. The van der Waals surface area contributed by atoms with Crippen molar-refractivity contribution in [3.8, 4) is 11.4 Å². The van der Waals surface area contributed by atoms with Gasteiger partial charge in [0.25, 0.3) is 0 Å². The summed E-state index contributed by atoms with van der Waals surface area (Å²) < 4.78 is 0. The van der Waals surface area contributed by atoms with E-state index in [4.69, 9.17) is 11.6 Å². The Labute approximate surface area is 144 Å². The molecule has 0 bridgehead atoms. The number of rotatable bonds is 4. The Balaban J connectivity index is 1.65. The van der Waals surface area contributed by atoms with Gasteiger partial charge in [-0.1, -0.05) is 48.0 Å². The summed E-state index contributed by atoms with van der Waals surface area (Å²) in [6.45, 7) is 0. The molecular weight excluding hydrogens is 322 g/mol. The fourth-order valence-electron chi connectivity index (χ4n) is 2.08. The van der Waals surface area contributed by atoms with Gasteiger partial charge in [0.1, 0.15) is 0 Å². The zero-order valence-electron chi connectivity index (χ0n) is 12.7. The molecule has 0 atom stereocenters. The normalized spacial score (nSPS) is 10.7. The molecule has 0 radical (unpaired) electrons. The summed E-state index contributed by atoms with van der Waals surface area (Å²) in [5.41, 5.74) is 2.34. The van der Waals surface area contributed by atoms with Crippen molar-refractivity contribution in [1.82, 2.24) is 9.97 Å². The van der Waals surface area contributed by atoms with E-state index in [1.807, 2.05) is 30.3 Å². The van der Waals surface area contributed by atoms with Crippen LogP contribution in [0.3, 0.4) is 0 Å². The van der Waals surface area contributed by atoms with E-state index in [0.717, 1.165) is 11.1 Å². The number of carbonyl (C=O) groups is 1. The molecule has 1 amide bonds. The van der Waals surface area contributed by atoms with E-state index in [9.17, 15) is 4.79 Å². The monoisotopic (exact) mass is 335 g/mol. The highest BCUT2D eigenvalue weighted by Gasteiger charge is 2.01. The van der Waals surface area contributed by atoms with Gasteiger partial charge in [-0.2, -0.15) is 0 Å². The summed E-state index contributed by atoms with van der Waals surface area (Å²) in [6.07, 6.45) is 6.45. The molecule has 24 heavy (non-hydrogen) atoms. The van der Waals surface area contributed by atoms with E-state index in [-0.39, 0.29) is 5.91 Å². The van der Waals surface area contributed by atoms with Crippen molar-refractivity contribution in [2.24, 2.45) is 0 Å². The quantitative estimate of drug-likeness (QED) is 0.717. The number of benzene rings is 2. The summed E-state index contributed by atoms with van der Waals surface area (Å²) in [6, 6.07) is 16.7. The van der Waals surface area contributed by atoms with Crippen molar-refractivity contribution in [3.63, 3.8) is 0 Å². The summed E-state index contributed by atoms with van der Waals surface area (Å²) in [5.74, 6) is 0.403. The topological polar surface area (TPSA) is 54.9 Å². The predicted molar refractivity (Wildman–Crippen MR) is 96.6 cm³/mol. The molecule has 1 heterocycles.